The van der Waals surface area contributed by atoms with Crippen molar-refractivity contribution in [1.29, 1.82) is 0 Å². The number of nitro benzene ring substituents is 1. The maximum absolute atomic E-state index is 12.7. The number of ether oxygens (including phenoxy) is 1. The summed E-state index contributed by atoms with van der Waals surface area (Å²) in [5, 5.41) is 11.1. The predicted molar refractivity (Wildman–Crippen MR) is 94.0 cm³/mol. The van der Waals surface area contributed by atoms with E-state index in [2.05, 4.69) is 4.72 Å². The van der Waals surface area contributed by atoms with Crippen molar-refractivity contribution in [3.05, 3.63) is 64.2 Å². The molecular formula is C17H20N2O5S. The van der Waals surface area contributed by atoms with Crippen LogP contribution in [-0.4, -0.2) is 20.5 Å². The molecule has 2 aromatic rings. The molecule has 0 bridgehead atoms. The Balaban J connectivity index is 2.41. The lowest BCUT2D eigenvalue weighted by atomic mass is 9.97. The molecule has 0 saturated carbocycles. The Labute approximate surface area is 146 Å². The Morgan fingerprint density at radius 2 is 1.76 bits per heavy atom. The maximum atomic E-state index is 12.7. The molecule has 1 unspecified atom stereocenters. The Morgan fingerprint density at radius 3 is 2.28 bits per heavy atom. The molecule has 2 rings (SSSR count). The van der Waals surface area contributed by atoms with Gasteiger partial charge in [0.1, 0.15) is 0 Å². The molecule has 1 atom stereocenters. The SMILES string of the molecule is COc1ccc(S(=O)(=O)NC(c2ccccc2)C(C)C)cc1[N+](=O)[O-]. The Kier molecular flexibility index (Phi) is 5.76. The first kappa shape index (κ1) is 18.9. The van der Waals surface area contributed by atoms with E-state index in [1.54, 1.807) is 0 Å². The molecule has 0 aliphatic rings. The lowest BCUT2D eigenvalue weighted by molar-refractivity contribution is -0.386. The fourth-order valence-electron chi connectivity index (χ4n) is 2.46. The molecular weight excluding hydrogens is 344 g/mol. The highest BCUT2D eigenvalue weighted by Gasteiger charge is 2.26. The number of nitrogens with one attached hydrogen (secondary N) is 1. The summed E-state index contributed by atoms with van der Waals surface area (Å²) in [7, 11) is -2.65. The predicted octanol–water partition coefficient (Wildman–Crippen LogP) is 3.28. The first-order valence-corrected chi connectivity index (χ1v) is 9.14. The van der Waals surface area contributed by atoms with Gasteiger partial charge in [-0.05, 0) is 23.6 Å². The molecule has 0 aliphatic carbocycles. The van der Waals surface area contributed by atoms with Crippen LogP contribution in [0.3, 0.4) is 0 Å². The zero-order chi connectivity index (χ0) is 18.6. The Morgan fingerprint density at radius 1 is 1.12 bits per heavy atom. The highest BCUT2D eigenvalue weighted by Crippen LogP contribution is 2.30. The van der Waals surface area contributed by atoms with Crippen LogP contribution in [0, 0.1) is 16.0 Å². The van der Waals surface area contributed by atoms with Crippen molar-refractivity contribution in [3.63, 3.8) is 0 Å². The normalized spacial score (nSPS) is 12.8. The van der Waals surface area contributed by atoms with Crippen molar-refractivity contribution < 1.29 is 18.1 Å². The van der Waals surface area contributed by atoms with Crippen LogP contribution in [0.15, 0.2) is 53.4 Å². The molecule has 0 saturated heterocycles. The smallest absolute Gasteiger partial charge is 0.312 e. The van der Waals surface area contributed by atoms with Crippen LogP contribution in [0.2, 0.25) is 0 Å². The van der Waals surface area contributed by atoms with E-state index in [0.717, 1.165) is 11.6 Å². The van der Waals surface area contributed by atoms with E-state index in [1.807, 2.05) is 44.2 Å². The molecule has 1 N–H and O–H groups in total. The summed E-state index contributed by atoms with van der Waals surface area (Å²) >= 11 is 0. The molecule has 0 radical (unpaired) electrons. The van der Waals surface area contributed by atoms with E-state index in [-0.39, 0.29) is 16.6 Å². The molecule has 7 nitrogen and oxygen atoms in total. The second-order valence-corrected chi connectivity index (χ2v) is 7.56. The fraction of sp³-hybridized carbons (Fsp3) is 0.294. The number of nitro groups is 1. The van der Waals surface area contributed by atoms with E-state index < -0.39 is 26.7 Å². The molecule has 0 fully saturated rings. The van der Waals surface area contributed by atoms with Gasteiger partial charge in [0.05, 0.1) is 16.9 Å². The third kappa shape index (κ3) is 4.34. The van der Waals surface area contributed by atoms with Gasteiger partial charge < -0.3 is 4.74 Å². The molecule has 8 heteroatoms. The summed E-state index contributed by atoms with van der Waals surface area (Å²) < 4.78 is 33.0. The van der Waals surface area contributed by atoms with Gasteiger partial charge in [-0.15, -0.1) is 0 Å². The second kappa shape index (κ2) is 7.62. The molecule has 0 heterocycles. The van der Waals surface area contributed by atoms with Gasteiger partial charge in [-0.25, -0.2) is 13.1 Å². The second-order valence-electron chi connectivity index (χ2n) is 5.84. The van der Waals surface area contributed by atoms with Gasteiger partial charge in [0.15, 0.2) is 5.75 Å². The zero-order valence-corrected chi connectivity index (χ0v) is 15.0. The lowest BCUT2D eigenvalue weighted by Gasteiger charge is -2.22. The van der Waals surface area contributed by atoms with E-state index in [4.69, 9.17) is 4.74 Å². The Hall–Kier alpha value is -2.45. The number of hydrogen-bond acceptors (Lipinski definition) is 5. The minimum absolute atomic E-state index is 0.00687. The van der Waals surface area contributed by atoms with Crippen molar-refractivity contribution >= 4 is 15.7 Å². The van der Waals surface area contributed by atoms with Gasteiger partial charge in [-0.1, -0.05) is 44.2 Å². The van der Waals surface area contributed by atoms with Crippen LogP contribution >= 0.6 is 0 Å². The standard InChI is InChI=1S/C17H20N2O5S/c1-12(2)17(13-7-5-4-6-8-13)18-25(22,23)14-9-10-16(24-3)15(11-14)19(20)21/h4-12,17-18H,1-3H3. The van der Waals surface area contributed by atoms with Gasteiger partial charge in [0.2, 0.25) is 10.0 Å². The summed E-state index contributed by atoms with van der Waals surface area (Å²) in [5.41, 5.74) is 0.426. The molecule has 0 amide bonds. The van der Waals surface area contributed by atoms with Crippen molar-refractivity contribution in [1.82, 2.24) is 4.72 Å². The quantitative estimate of drug-likeness (QED) is 0.600. The summed E-state index contributed by atoms with van der Waals surface area (Å²) in [6, 6.07) is 12.3. The lowest BCUT2D eigenvalue weighted by Crippen LogP contribution is -2.31. The first-order chi connectivity index (χ1) is 11.8. The summed E-state index contributed by atoms with van der Waals surface area (Å²) in [6.07, 6.45) is 0. The van der Waals surface area contributed by atoms with Gasteiger partial charge in [0, 0.05) is 12.1 Å². The molecule has 0 aliphatic heterocycles. The highest BCUT2D eigenvalue weighted by atomic mass is 32.2. The molecule has 2 aromatic carbocycles. The monoisotopic (exact) mass is 364 g/mol. The fourth-order valence-corrected chi connectivity index (χ4v) is 3.86. The van der Waals surface area contributed by atoms with E-state index >= 15 is 0 Å². The van der Waals surface area contributed by atoms with Gasteiger partial charge >= 0.3 is 5.69 Å². The number of benzene rings is 2. The van der Waals surface area contributed by atoms with E-state index in [1.165, 1.54) is 19.2 Å². The largest absolute Gasteiger partial charge is 0.490 e. The minimum Gasteiger partial charge on any atom is -0.490 e. The zero-order valence-electron chi connectivity index (χ0n) is 14.2. The number of nitrogens with zero attached hydrogens (tertiary/aromatic N) is 1. The van der Waals surface area contributed by atoms with Gasteiger partial charge in [0.25, 0.3) is 0 Å². The molecule has 134 valence electrons. The average Bonchev–Trinajstić information content (AvgIpc) is 2.59. The van der Waals surface area contributed by atoms with Crippen molar-refractivity contribution in [2.24, 2.45) is 5.92 Å². The molecule has 0 aromatic heterocycles. The van der Waals surface area contributed by atoms with Crippen molar-refractivity contribution in [2.75, 3.05) is 7.11 Å². The van der Waals surface area contributed by atoms with Crippen molar-refractivity contribution in [2.45, 2.75) is 24.8 Å². The van der Waals surface area contributed by atoms with Crippen LogP contribution in [-0.2, 0) is 10.0 Å². The summed E-state index contributed by atoms with van der Waals surface area (Å²) in [5.74, 6) is -0.00201. The maximum Gasteiger partial charge on any atom is 0.312 e. The molecule has 0 spiro atoms. The Bertz CT molecular complexity index is 851. The summed E-state index contributed by atoms with van der Waals surface area (Å²) in [6.45, 7) is 3.80. The van der Waals surface area contributed by atoms with Crippen LogP contribution < -0.4 is 9.46 Å². The van der Waals surface area contributed by atoms with E-state index in [0.29, 0.717) is 0 Å². The minimum atomic E-state index is -3.94. The molecule has 25 heavy (non-hydrogen) atoms. The van der Waals surface area contributed by atoms with Crippen molar-refractivity contribution in [3.8, 4) is 5.75 Å². The topological polar surface area (TPSA) is 98.5 Å². The first-order valence-electron chi connectivity index (χ1n) is 7.66. The summed E-state index contributed by atoms with van der Waals surface area (Å²) in [4.78, 5) is 10.3. The van der Waals surface area contributed by atoms with Crippen LogP contribution in [0.5, 0.6) is 5.75 Å². The third-order valence-electron chi connectivity index (χ3n) is 3.76. The third-order valence-corrected chi connectivity index (χ3v) is 5.20. The van der Waals surface area contributed by atoms with E-state index in [9.17, 15) is 18.5 Å². The number of sulfonamides is 1. The van der Waals surface area contributed by atoms with Crippen LogP contribution in [0.25, 0.3) is 0 Å². The van der Waals surface area contributed by atoms with Gasteiger partial charge in [-0.2, -0.15) is 0 Å². The van der Waals surface area contributed by atoms with Crippen LogP contribution in [0.4, 0.5) is 5.69 Å². The number of rotatable bonds is 7. The number of hydrogen-bond donors (Lipinski definition) is 1. The van der Waals surface area contributed by atoms with Gasteiger partial charge in [-0.3, -0.25) is 10.1 Å². The average molecular weight is 364 g/mol. The highest BCUT2D eigenvalue weighted by molar-refractivity contribution is 7.89. The number of methoxy groups -OCH3 is 1. The van der Waals surface area contributed by atoms with Crippen LogP contribution in [0.1, 0.15) is 25.5 Å².